The summed E-state index contributed by atoms with van der Waals surface area (Å²) in [7, 11) is 0. The van der Waals surface area contributed by atoms with Crippen LogP contribution in [0.4, 0.5) is 0 Å². The summed E-state index contributed by atoms with van der Waals surface area (Å²) >= 11 is 0. The Morgan fingerprint density at radius 3 is 2.56 bits per heavy atom. The van der Waals surface area contributed by atoms with Gasteiger partial charge in [0.05, 0.1) is 12.7 Å². The summed E-state index contributed by atoms with van der Waals surface area (Å²) < 4.78 is 2.04. The molecule has 1 N–H and O–H groups in total. The van der Waals surface area contributed by atoms with E-state index >= 15 is 0 Å². The molecule has 3 heteroatoms. The molecule has 16 heavy (non-hydrogen) atoms. The van der Waals surface area contributed by atoms with Gasteiger partial charge >= 0.3 is 0 Å². The van der Waals surface area contributed by atoms with E-state index in [2.05, 4.69) is 51.2 Å². The SMILES string of the molecule is CCCNC(Cn1cc(C)cn1)C(C)(C)C. The molecule has 0 radical (unpaired) electrons. The van der Waals surface area contributed by atoms with Crippen LogP contribution in [-0.2, 0) is 6.54 Å². The van der Waals surface area contributed by atoms with Crippen LogP contribution in [-0.4, -0.2) is 22.4 Å². The van der Waals surface area contributed by atoms with Crippen LogP contribution in [0, 0.1) is 12.3 Å². The summed E-state index contributed by atoms with van der Waals surface area (Å²) in [5.74, 6) is 0. The van der Waals surface area contributed by atoms with Crippen molar-refractivity contribution >= 4 is 0 Å². The molecule has 0 amide bonds. The summed E-state index contributed by atoms with van der Waals surface area (Å²) in [6.45, 7) is 13.1. The van der Waals surface area contributed by atoms with Gasteiger partial charge in [-0.2, -0.15) is 5.10 Å². The molecule has 0 fully saturated rings. The Morgan fingerprint density at radius 2 is 2.12 bits per heavy atom. The maximum Gasteiger partial charge on any atom is 0.0567 e. The van der Waals surface area contributed by atoms with Gasteiger partial charge in [0.15, 0.2) is 0 Å². The number of hydrogen-bond donors (Lipinski definition) is 1. The van der Waals surface area contributed by atoms with Crippen LogP contribution in [0.3, 0.4) is 0 Å². The van der Waals surface area contributed by atoms with Gasteiger partial charge in [0.1, 0.15) is 0 Å². The topological polar surface area (TPSA) is 29.9 Å². The van der Waals surface area contributed by atoms with Gasteiger partial charge in [-0.05, 0) is 30.9 Å². The van der Waals surface area contributed by atoms with Crippen LogP contribution in [0.25, 0.3) is 0 Å². The number of aryl methyl sites for hydroxylation is 1. The van der Waals surface area contributed by atoms with Crippen LogP contribution < -0.4 is 5.32 Å². The second-order valence-electron chi connectivity index (χ2n) is 5.61. The highest BCUT2D eigenvalue weighted by molar-refractivity contribution is 5.00. The molecule has 0 aliphatic rings. The third-order valence-electron chi connectivity index (χ3n) is 2.82. The molecular weight excluding hydrogens is 198 g/mol. The summed E-state index contributed by atoms with van der Waals surface area (Å²) in [6.07, 6.45) is 5.19. The van der Waals surface area contributed by atoms with Crippen LogP contribution in [0.2, 0.25) is 0 Å². The lowest BCUT2D eigenvalue weighted by molar-refractivity contribution is 0.236. The van der Waals surface area contributed by atoms with Crippen molar-refractivity contribution in [1.82, 2.24) is 15.1 Å². The minimum atomic E-state index is 0.259. The molecule has 1 rings (SSSR count). The third-order valence-corrected chi connectivity index (χ3v) is 2.82. The average molecular weight is 223 g/mol. The molecule has 0 bridgehead atoms. The predicted molar refractivity (Wildman–Crippen MR) is 68.5 cm³/mol. The number of rotatable bonds is 5. The van der Waals surface area contributed by atoms with E-state index in [1.807, 2.05) is 10.9 Å². The van der Waals surface area contributed by atoms with Crippen molar-refractivity contribution in [2.24, 2.45) is 5.41 Å². The zero-order chi connectivity index (χ0) is 12.2. The summed E-state index contributed by atoms with van der Waals surface area (Å²) in [5, 5.41) is 7.96. The first kappa shape index (κ1) is 13.2. The van der Waals surface area contributed by atoms with Gasteiger partial charge in [-0.3, -0.25) is 4.68 Å². The van der Waals surface area contributed by atoms with E-state index in [1.54, 1.807) is 0 Å². The van der Waals surface area contributed by atoms with Gasteiger partial charge < -0.3 is 5.32 Å². The van der Waals surface area contributed by atoms with Crippen molar-refractivity contribution in [3.05, 3.63) is 18.0 Å². The Kier molecular flexibility index (Phi) is 4.54. The lowest BCUT2D eigenvalue weighted by Crippen LogP contribution is -2.43. The lowest BCUT2D eigenvalue weighted by atomic mass is 9.86. The van der Waals surface area contributed by atoms with Crippen molar-refractivity contribution in [2.45, 2.75) is 53.6 Å². The zero-order valence-corrected chi connectivity index (χ0v) is 11.2. The quantitative estimate of drug-likeness (QED) is 0.831. The molecule has 1 heterocycles. The predicted octanol–water partition coefficient (Wildman–Crippen LogP) is 2.61. The Labute approximate surface area is 99.2 Å². The fraction of sp³-hybridized carbons (Fsp3) is 0.769. The highest BCUT2D eigenvalue weighted by Crippen LogP contribution is 2.20. The lowest BCUT2D eigenvalue weighted by Gasteiger charge is -2.31. The number of hydrogen-bond acceptors (Lipinski definition) is 2. The summed E-state index contributed by atoms with van der Waals surface area (Å²) in [5.41, 5.74) is 1.48. The molecule has 1 aromatic rings. The Hall–Kier alpha value is -0.830. The van der Waals surface area contributed by atoms with Gasteiger partial charge in [-0.15, -0.1) is 0 Å². The first-order chi connectivity index (χ1) is 7.43. The fourth-order valence-electron chi connectivity index (χ4n) is 1.72. The van der Waals surface area contributed by atoms with Crippen molar-refractivity contribution in [3.8, 4) is 0 Å². The highest BCUT2D eigenvalue weighted by atomic mass is 15.3. The fourth-order valence-corrected chi connectivity index (χ4v) is 1.72. The number of nitrogens with zero attached hydrogens (tertiary/aromatic N) is 2. The first-order valence-electron chi connectivity index (χ1n) is 6.16. The molecular formula is C13H25N3. The van der Waals surface area contributed by atoms with Gasteiger partial charge in [0.2, 0.25) is 0 Å². The largest absolute Gasteiger partial charge is 0.312 e. The highest BCUT2D eigenvalue weighted by Gasteiger charge is 2.24. The van der Waals surface area contributed by atoms with Crippen molar-refractivity contribution in [2.75, 3.05) is 6.54 Å². The molecule has 1 unspecified atom stereocenters. The summed E-state index contributed by atoms with van der Waals surface area (Å²) in [4.78, 5) is 0. The molecule has 92 valence electrons. The second-order valence-corrected chi connectivity index (χ2v) is 5.61. The van der Waals surface area contributed by atoms with Crippen LogP contribution in [0.15, 0.2) is 12.4 Å². The number of nitrogens with one attached hydrogen (secondary N) is 1. The van der Waals surface area contributed by atoms with E-state index in [9.17, 15) is 0 Å². The van der Waals surface area contributed by atoms with Gasteiger partial charge in [-0.1, -0.05) is 27.7 Å². The average Bonchev–Trinajstić information content (AvgIpc) is 2.57. The van der Waals surface area contributed by atoms with E-state index in [0.717, 1.165) is 13.1 Å². The summed E-state index contributed by atoms with van der Waals surface area (Å²) in [6, 6.07) is 0.465. The molecule has 0 spiro atoms. The normalized spacial score (nSPS) is 14.1. The second kappa shape index (κ2) is 5.48. The molecule has 0 aliphatic heterocycles. The van der Waals surface area contributed by atoms with Crippen molar-refractivity contribution < 1.29 is 0 Å². The molecule has 1 aromatic heterocycles. The van der Waals surface area contributed by atoms with E-state index < -0.39 is 0 Å². The monoisotopic (exact) mass is 223 g/mol. The van der Waals surface area contributed by atoms with Crippen LogP contribution in [0.5, 0.6) is 0 Å². The van der Waals surface area contributed by atoms with Crippen LogP contribution in [0.1, 0.15) is 39.7 Å². The molecule has 0 aliphatic carbocycles. The van der Waals surface area contributed by atoms with Crippen LogP contribution >= 0.6 is 0 Å². The standard InChI is InChI=1S/C13H25N3/c1-6-7-14-12(13(3,4)5)10-16-9-11(2)8-15-16/h8-9,12,14H,6-7,10H2,1-5H3. The van der Waals surface area contributed by atoms with E-state index in [4.69, 9.17) is 0 Å². The van der Waals surface area contributed by atoms with Gasteiger partial charge in [-0.25, -0.2) is 0 Å². The molecule has 0 saturated carbocycles. The van der Waals surface area contributed by atoms with Gasteiger partial charge in [0, 0.05) is 12.2 Å². The van der Waals surface area contributed by atoms with E-state index in [-0.39, 0.29) is 5.41 Å². The minimum Gasteiger partial charge on any atom is -0.312 e. The molecule has 3 nitrogen and oxygen atoms in total. The van der Waals surface area contributed by atoms with Crippen molar-refractivity contribution in [1.29, 1.82) is 0 Å². The third kappa shape index (κ3) is 3.97. The molecule has 0 saturated heterocycles. The number of aromatic nitrogens is 2. The minimum absolute atomic E-state index is 0.259. The van der Waals surface area contributed by atoms with E-state index in [1.165, 1.54) is 12.0 Å². The maximum absolute atomic E-state index is 4.35. The first-order valence-corrected chi connectivity index (χ1v) is 6.16. The Balaban J connectivity index is 2.63. The van der Waals surface area contributed by atoms with Crippen molar-refractivity contribution in [3.63, 3.8) is 0 Å². The van der Waals surface area contributed by atoms with E-state index in [0.29, 0.717) is 6.04 Å². The Morgan fingerprint density at radius 1 is 1.44 bits per heavy atom. The maximum atomic E-state index is 4.35. The molecule has 1 atom stereocenters. The van der Waals surface area contributed by atoms with Gasteiger partial charge in [0.25, 0.3) is 0 Å². The Bertz CT molecular complexity index is 309. The zero-order valence-electron chi connectivity index (χ0n) is 11.2. The smallest absolute Gasteiger partial charge is 0.0567 e. The molecule has 0 aromatic carbocycles.